The molecule has 1 aromatic rings. The van der Waals surface area contributed by atoms with Crippen molar-refractivity contribution in [3.63, 3.8) is 0 Å². The standard InChI is InChI=1S/C20H30N4O4/c1-12(25)17(7-8-21)23-20(28)19(13(2)26)24-18(27)10-16-9-14-5-3-4-6-15(14)11-22-16/h3-6,13,16-17,19,22,26H,7-11,21H2,1-2H3,(H,23,28)(H,24,27)/t13?,16-,17-,19-/m0/s1. The summed E-state index contributed by atoms with van der Waals surface area (Å²) in [6.07, 6.45) is 0.101. The van der Waals surface area contributed by atoms with E-state index in [2.05, 4.69) is 22.0 Å². The van der Waals surface area contributed by atoms with Crippen LogP contribution in [0.25, 0.3) is 0 Å². The van der Waals surface area contributed by atoms with E-state index in [0.717, 1.165) is 6.42 Å². The van der Waals surface area contributed by atoms with Gasteiger partial charge in [0, 0.05) is 19.0 Å². The Bertz CT molecular complexity index is 707. The predicted molar refractivity (Wildman–Crippen MR) is 105 cm³/mol. The van der Waals surface area contributed by atoms with Gasteiger partial charge in [-0.15, -0.1) is 0 Å². The van der Waals surface area contributed by atoms with Crippen molar-refractivity contribution < 1.29 is 19.5 Å². The molecule has 0 saturated heterocycles. The lowest BCUT2D eigenvalue weighted by molar-refractivity contribution is -0.133. The normalized spacial score (nSPS) is 19.1. The molecule has 28 heavy (non-hydrogen) atoms. The lowest BCUT2D eigenvalue weighted by Gasteiger charge is -2.27. The van der Waals surface area contributed by atoms with Gasteiger partial charge in [-0.1, -0.05) is 24.3 Å². The van der Waals surface area contributed by atoms with Crippen molar-refractivity contribution >= 4 is 17.6 Å². The van der Waals surface area contributed by atoms with Gasteiger partial charge in [0.25, 0.3) is 0 Å². The number of Topliss-reactive ketones (excluding diaryl/α,β-unsaturated/α-hetero) is 1. The van der Waals surface area contributed by atoms with Gasteiger partial charge >= 0.3 is 0 Å². The SMILES string of the molecule is CC(=O)[C@H](CCN)NC(=O)[C@@H](NC(=O)C[C@@H]1Cc2ccccc2CN1)C(C)O. The highest BCUT2D eigenvalue weighted by atomic mass is 16.3. The van der Waals surface area contributed by atoms with Crippen molar-refractivity contribution in [2.24, 2.45) is 5.73 Å². The minimum atomic E-state index is -1.14. The van der Waals surface area contributed by atoms with Crippen LogP contribution < -0.4 is 21.7 Å². The van der Waals surface area contributed by atoms with Crippen LogP contribution in [-0.4, -0.2) is 53.5 Å². The summed E-state index contributed by atoms with van der Waals surface area (Å²) in [6.45, 7) is 3.72. The minimum absolute atomic E-state index is 0.0465. The minimum Gasteiger partial charge on any atom is -0.391 e. The number of rotatable bonds is 9. The van der Waals surface area contributed by atoms with E-state index in [0.29, 0.717) is 13.0 Å². The number of ketones is 1. The van der Waals surface area contributed by atoms with E-state index >= 15 is 0 Å². The molecule has 0 spiro atoms. The van der Waals surface area contributed by atoms with Gasteiger partial charge in [0.1, 0.15) is 6.04 Å². The average molecular weight is 390 g/mol. The maximum atomic E-state index is 12.5. The summed E-state index contributed by atoms with van der Waals surface area (Å²) in [5.41, 5.74) is 7.89. The van der Waals surface area contributed by atoms with Crippen molar-refractivity contribution in [1.29, 1.82) is 0 Å². The number of fused-ring (bicyclic) bond motifs is 1. The number of benzene rings is 1. The highest BCUT2D eigenvalue weighted by molar-refractivity contribution is 5.92. The molecule has 1 aromatic carbocycles. The number of aliphatic hydroxyl groups excluding tert-OH is 1. The summed E-state index contributed by atoms with van der Waals surface area (Å²) >= 11 is 0. The van der Waals surface area contributed by atoms with E-state index in [1.807, 2.05) is 18.2 Å². The molecule has 1 unspecified atom stereocenters. The Hall–Kier alpha value is -2.29. The van der Waals surface area contributed by atoms with Gasteiger partial charge in [-0.05, 0) is 44.4 Å². The Labute approximate surface area is 165 Å². The monoisotopic (exact) mass is 390 g/mol. The summed E-state index contributed by atoms with van der Waals surface area (Å²) in [5.74, 6) is -1.16. The van der Waals surface area contributed by atoms with E-state index < -0.39 is 24.1 Å². The first kappa shape index (κ1) is 22.0. The topological polar surface area (TPSA) is 134 Å². The second-order valence-corrected chi connectivity index (χ2v) is 7.29. The molecule has 1 heterocycles. The van der Waals surface area contributed by atoms with Crippen LogP contribution in [0.15, 0.2) is 24.3 Å². The molecule has 0 fully saturated rings. The van der Waals surface area contributed by atoms with Crippen molar-refractivity contribution in [3.8, 4) is 0 Å². The molecular weight excluding hydrogens is 360 g/mol. The van der Waals surface area contributed by atoms with Crippen molar-refractivity contribution in [3.05, 3.63) is 35.4 Å². The third kappa shape index (κ3) is 6.12. The van der Waals surface area contributed by atoms with Crippen LogP contribution in [0, 0.1) is 0 Å². The summed E-state index contributed by atoms with van der Waals surface area (Å²) in [4.78, 5) is 36.5. The summed E-state index contributed by atoms with van der Waals surface area (Å²) in [7, 11) is 0. The molecule has 1 aliphatic rings. The van der Waals surface area contributed by atoms with E-state index in [4.69, 9.17) is 5.73 Å². The largest absolute Gasteiger partial charge is 0.391 e. The number of aliphatic hydroxyl groups is 1. The van der Waals surface area contributed by atoms with Gasteiger partial charge in [-0.2, -0.15) is 0 Å². The van der Waals surface area contributed by atoms with Crippen molar-refractivity contribution in [2.75, 3.05) is 6.54 Å². The molecule has 1 aliphatic heterocycles. The highest BCUT2D eigenvalue weighted by Gasteiger charge is 2.29. The molecule has 2 rings (SSSR count). The second kappa shape index (κ2) is 10.3. The van der Waals surface area contributed by atoms with E-state index in [-0.39, 0.29) is 30.7 Å². The van der Waals surface area contributed by atoms with E-state index in [9.17, 15) is 19.5 Å². The first-order chi connectivity index (χ1) is 13.3. The predicted octanol–water partition coefficient (Wildman–Crippen LogP) is -0.621. The molecule has 0 bridgehead atoms. The van der Waals surface area contributed by atoms with Crippen LogP contribution in [0.5, 0.6) is 0 Å². The summed E-state index contributed by atoms with van der Waals surface area (Å²) < 4.78 is 0. The molecule has 0 saturated carbocycles. The van der Waals surface area contributed by atoms with Gasteiger partial charge in [0.15, 0.2) is 5.78 Å². The van der Waals surface area contributed by atoms with Gasteiger partial charge in [-0.25, -0.2) is 0 Å². The fraction of sp³-hybridized carbons (Fsp3) is 0.550. The van der Waals surface area contributed by atoms with Crippen LogP contribution in [0.3, 0.4) is 0 Å². The Morgan fingerprint density at radius 3 is 2.54 bits per heavy atom. The zero-order valence-electron chi connectivity index (χ0n) is 16.4. The fourth-order valence-electron chi connectivity index (χ4n) is 3.33. The number of carbonyl (C=O) groups excluding carboxylic acids is 3. The molecule has 8 nitrogen and oxygen atoms in total. The van der Waals surface area contributed by atoms with Gasteiger partial charge in [0.2, 0.25) is 11.8 Å². The lowest BCUT2D eigenvalue weighted by Crippen LogP contribution is -2.56. The Morgan fingerprint density at radius 2 is 1.93 bits per heavy atom. The molecule has 8 heteroatoms. The van der Waals surface area contributed by atoms with Gasteiger partial charge in [0.05, 0.1) is 12.1 Å². The molecular formula is C20H30N4O4. The van der Waals surface area contributed by atoms with Gasteiger partial charge in [-0.3, -0.25) is 14.4 Å². The van der Waals surface area contributed by atoms with Crippen molar-refractivity contribution in [2.45, 2.75) is 63.9 Å². The number of nitrogens with one attached hydrogen (secondary N) is 3. The van der Waals surface area contributed by atoms with Crippen LogP contribution in [0.1, 0.15) is 37.8 Å². The number of hydrogen-bond acceptors (Lipinski definition) is 6. The maximum Gasteiger partial charge on any atom is 0.245 e. The Balaban J connectivity index is 1.93. The number of amides is 2. The maximum absolute atomic E-state index is 12.5. The number of hydrogen-bond donors (Lipinski definition) is 5. The van der Waals surface area contributed by atoms with Crippen molar-refractivity contribution in [1.82, 2.24) is 16.0 Å². The average Bonchev–Trinajstić information content (AvgIpc) is 2.65. The van der Waals surface area contributed by atoms with Crippen LogP contribution in [0.4, 0.5) is 0 Å². The second-order valence-electron chi connectivity index (χ2n) is 7.29. The fourth-order valence-corrected chi connectivity index (χ4v) is 3.33. The zero-order valence-corrected chi connectivity index (χ0v) is 16.4. The smallest absolute Gasteiger partial charge is 0.245 e. The van der Waals surface area contributed by atoms with E-state index in [1.165, 1.54) is 25.0 Å². The van der Waals surface area contributed by atoms with Crippen LogP contribution >= 0.6 is 0 Å². The summed E-state index contributed by atoms with van der Waals surface area (Å²) in [6, 6.07) is 6.15. The first-order valence-electron chi connectivity index (χ1n) is 9.60. The highest BCUT2D eigenvalue weighted by Crippen LogP contribution is 2.17. The summed E-state index contributed by atoms with van der Waals surface area (Å²) in [5, 5.41) is 18.4. The molecule has 4 atom stereocenters. The molecule has 0 aromatic heterocycles. The molecule has 0 aliphatic carbocycles. The van der Waals surface area contributed by atoms with Crippen LogP contribution in [-0.2, 0) is 27.3 Å². The zero-order chi connectivity index (χ0) is 20.7. The molecule has 2 amide bonds. The van der Waals surface area contributed by atoms with E-state index in [1.54, 1.807) is 0 Å². The number of carbonyl (C=O) groups is 3. The van der Waals surface area contributed by atoms with Crippen LogP contribution in [0.2, 0.25) is 0 Å². The molecule has 6 N–H and O–H groups in total. The Morgan fingerprint density at radius 1 is 1.25 bits per heavy atom. The molecule has 154 valence electrons. The quantitative estimate of drug-likeness (QED) is 0.382. The first-order valence-corrected chi connectivity index (χ1v) is 9.60. The Kier molecular flexibility index (Phi) is 8.10. The third-order valence-electron chi connectivity index (χ3n) is 4.94. The number of nitrogens with two attached hydrogens (primary N) is 1. The lowest BCUT2D eigenvalue weighted by atomic mass is 9.94. The molecule has 0 radical (unpaired) electrons. The van der Waals surface area contributed by atoms with Gasteiger partial charge < -0.3 is 26.8 Å². The third-order valence-corrected chi connectivity index (χ3v) is 4.94.